The van der Waals surface area contributed by atoms with Gasteiger partial charge < -0.3 is 10.8 Å². The molecule has 0 aromatic carbocycles. The smallest absolute Gasteiger partial charge is 0.303 e. The zero-order valence-corrected chi connectivity index (χ0v) is 8.46. The van der Waals surface area contributed by atoms with Gasteiger partial charge in [0.15, 0.2) is 0 Å². The van der Waals surface area contributed by atoms with E-state index in [1.807, 2.05) is 0 Å². The maximum Gasteiger partial charge on any atom is 0.303 e. The monoisotopic (exact) mass is 187 g/mol. The van der Waals surface area contributed by atoms with Gasteiger partial charge in [0, 0.05) is 6.42 Å². The molecule has 3 N–H and O–H groups in total. The number of unbranched alkanes of at least 4 members (excludes halogenated alkanes) is 3. The van der Waals surface area contributed by atoms with Gasteiger partial charge in [-0.3, -0.25) is 4.79 Å². The molecule has 0 fully saturated rings. The van der Waals surface area contributed by atoms with Crippen LogP contribution >= 0.6 is 0 Å². The molecule has 0 aromatic heterocycles. The molecule has 0 saturated heterocycles. The average Bonchev–Trinajstić information content (AvgIpc) is 2.09. The Labute approximate surface area is 80.3 Å². The van der Waals surface area contributed by atoms with E-state index in [-0.39, 0.29) is 12.3 Å². The highest BCUT2D eigenvalue weighted by atomic mass is 16.4. The third kappa shape index (κ3) is 7.78. The normalized spacial score (nSPS) is 12.8. The van der Waals surface area contributed by atoms with E-state index in [9.17, 15) is 4.79 Å². The van der Waals surface area contributed by atoms with Gasteiger partial charge in [-0.2, -0.15) is 0 Å². The predicted molar refractivity (Wildman–Crippen MR) is 53.6 cm³/mol. The van der Waals surface area contributed by atoms with Crippen molar-refractivity contribution in [1.29, 1.82) is 0 Å². The molecule has 0 spiro atoms. The molecule has 78 valence electrons. The molecule has 1 atom stereocenters. The fraction of sp³-hybridized carbons (Fsp3) is 0.900. The molecule has 13 heavy (non-hydrogen) atoms. The summed E-state index contributed by atoms with van der Waals surface area (Å²) < 4.78 is 0. The van der Waals surface area contributed by atoms with Crippen molar-refractivity contribution in [2.45, 2.75) is 45.4 Å². The van der Waals surface area contributed by atoms with Gasteiger partial charge in [0.05, 0.1) is 0 Å². The summed E-state index contributed by atoms with van der Waals surface area (Å²) in [6.07, 6.45) is 5.96. The predicted octanol–water partition coefficient (Wildman–Crippen LogP) is 2.01. The van der Waals surface area contributed by atoms with Gasteiger partial charge in [-0.15, -0.1) is 0 Å². The maximum atomic E-state index is 10.4. The number of carbonyl (C=O) groups is 1. The van der Waals surface area contributed by atoms with Crippen LogP contribution in [0.25, 0.3) is 0 Å². The van der Waals surface area contributed by atoms with E-state index in [0.29, 0.717) is 6.54 Å². The van der Waals surface area contributed by atoms with E-state index in [0.717, 1.165) is 12.8 Å². The Kier molecular flexibility index (Phi) is 7.69. The number of aliphatic carboxylic acids is 1. The molecule has 0 heterocycles. The summed E-state index contributed by atoms with van der Waals surface area (Å²) in [6, 6.07) is 0. The van der Waals surface area contributed by atoms with Gasteiger partial charge in [-0.05, 0) is 18.9 Å². The lowest BCUT2D eigenvalue weighted by molar-refractivity contribution is -0.138. The number of rotatable bonds is 8. The second-order valence-electron chi connectivity index (χ2n) is 3.55. The number of hydrogen-bond donors (Lipinski definition) is 2. The molecule has 0 aliphatic heterocycles. The highest BCUT2D eigenvalue weighted by molar-refractivity contribution is 5.67. The van der Waals surface area contributed by atoms with E-state index in [1.165, 1.54) is 19.3 Å². The van der Waals surface area contributed by atoms with Crippen molar-refractivity contribution in [3.05, 3.63) is 0 Å². The molecule has 3 heteroatoms. The summed E-state index contributed by atoms with van der Waals surface area (Å²) >= 11 is 0. The second kappa shape index (κ2) is 8.05. The first kappa shape index (κ1) is 12.4. The largest absolute Gasteiger partial charge is 0.481 e. The van der Waals surface area contributed by atoms with Crippen molar-refractivity contribution in [1.82, 2.24) is 0 Å². The fourth-order valence-corrected chi connectivity index (χ4v) is 1.41. The van der Waals surface area contributed by atoms with Crippen LogP contribution in [0, 0.1) is 5.92 Å². The van der Waals surface area contributed by atoms with E-state index < -0.39 is 5.97 Å². The minimum absolute atomic E-state index is 0.175. The van der Waals surface area contributed by atoms with Crippen LogP contribution in [0.2, 0.25) is 0 Å². The summed E-state index contributed by atoms with van der Waals surface area (Å²) in [5, 5.41) is 8.56. The minimum atomic E-state index is -0.731. The molecule has 0 amide bonds. The molecule has 0 saturated carbocycles. The molecule has 0 bridgehead atoms. The molecule has 0 aliphatic carbocycles. The number of nitrogens with two attached hydrogens (primary N) is 1. The topological polar surface area (TPSA) is 63.3 Å². The third-order valence-corrected chi connectivity index (χ3v) is 2.26. The second-order valence-corrected chi connectivity index (χ2v) is 3.55. The Morgan fingerprint density at radius 3 is 2.54 bits per heavy atom. The van der Waals surface area contributed by atoms with Crippen LogP contribution in [0.3, 0.4) is 0 Å². The molecule has 0 radical (unpaired) electrons. The highest BCUT2D eigenvalue weighted by Crippen LogP contribution is 2.13. The zero-order valence-electron chi connectivity index (χ0n) is 8.46. The standard InChI is InChI=1S/C10H21NO2/c1-2-3-4-5-6-9(8-11)7-10(12)13/h9H,2-8,11H2,1H3,(H,12,13)/t9-/m0/s1. The number of carboxylic acid groups (broad SMARTS) is 1. The van der Waals surface area contributed by atoms with Gasteiger partial charge in [0.1, 0.15) is 0 Å². The van der Waals surface area contributed by atoms with Crippen molar-refractivity contribution >= 4 is 5.97 Å². The fourth-order valence-electron chi connectivity index (χ4n) is 1.41. The van der Waals surface area contributed by atoms with E-state index >= 15 is 0 Å². The molecular formula is C10H21NO2. The number of carboxylic acids is 1. The Morgan fingerprint density at radius 2 is 2.08 bits per heavy atom. The van der Waals surface area contributed by atoms with Crippen LogP contribution in [0.5, 0.6) is 0 Å². The SMILES string of the molecule is CCCCCC[C@H](CN)CC(=O)O. The van der Waals surface area contributed by atoms with Crippen LogP contribution in [0.4, 0.5) is 0 Å². The van der Waals surface area contributed by atoms with Crippen molar-refractivity contribution in [2.75, 3.05) is 6.54 Å². The van der Waals surface area contributed by atoms with Gasteiger partial charge in [-0.25, -0.2) is 0 Å². The molecule has 0 rings (SSSR count). The first-order chi connectivity index (χ1) is 6.20. The van der Waals surface area contributed by atoms with Crippen LogP contribution in [-0.2, 0) is 4.79 Å². The quantitative estimate of drug-likeness (QED) is 0.571. The average molecular weight is 187 g/mol. The number of hydrogen-bond acceptors (Lipinski definition) is 2. The Balaban J connectivity index is 3.42. The first-order valence-corrected chi connectivity index (χ1v) is 5.12. The first-order valence-electron chi connectivity index (χ1n) is 5.12. The van der Waals surface area contributed by atoms with Gasteiger partial charge in [0.25, 0.3) is 0 Å². The minimum Gasteiger partial charge on any atom is -0.481 e. The van der Waals surface area contributed by atoms with E-state index in [2.05, 4.69) is 6.92 Å². The third-order valence-electron chi connectivity index (χ3n) is 2.26. The molecule has 0 unspecified atom stereocenters. The van der Waals surface area contributed by atoms with Crippen LogP contribution in [-0.4, -0.2) is 17.6 Å². The molecule has 0 aromatic rings. The van der Waals surface area contributed by atoms with Crippen LogP contribution < -0.4 is 5.73 Å². The van der Waals surface area contributed by atoms with Gasteiger partial charge >= 0.3 is 5.97 Å². The lowest BCUT2D eigenvalue weighted by Crippen LogP contribution is -2.17. The highest BCUT2D eigenvalue weighted by Gasteiger charge is 2.10. The van der Waals surface area contributed by atoms with Gasteiger partial charge in [0.2, 0.25) is 0 Å². The summed E-state index contributed by atoms with van der Waals surface area (Å²) in [6.45, 7) is 2.66. The maximum absolute atomic E-state index is 10.4. The summed E-state index contributed by atoms with van der Waals surface area (Å²) in [5.41, 5.74) is 5.47. The van der Waals surface area contributed by atoms with Crippen LogP contribution in [0.1, 0.15) is 45.4 Å². The van der Waals surface area contributed by atoms with Gasteiger partial charge in [-0.1, -0.05) is 32.6 Å². The van der Waals surface area contributed by atoms with E-state index in [4.69, 9.17) is 10.8 Å². The van der Waals surface area contributed by atoms with Crippen molar-refractivity contribution < 1.29 is 9.90 Å². The van der Waals surface area contributed by atoms with Crippen LogP contribution in [0.15, 0.2) is 0 Å². The lowest BCUT2D eigenvalue weighted by atomic mass is 9.98. The van der Waals surface area contributed by atoms with Crippen molar-refractivity contribution in [3.8, 4) is 0 Å². The lowest BCUT2D eigenvalue weighted by Gasteiger charge is -2.11. The Bertz CT molecular complexity index is 137. The molecule has 3 nitrogen and oxygen atoms in total. The van der Waals surface area contributed by atoms with E-state index in [1.54, 1.807) is 0 Å². The Hall–Kier alpha value is -0.570. The summed E-state index contributed by atoms with van der Waals surface area (Å²) in [5.74, 6) is -0.555. The zero-order chi connectivity index (χ0) is 10.1. The van der Waals surface area contributed by atoms with Crippen molar-refractivity contribution in [3.63, 3.8) is 0 Å². The van der Waals surface area contributed by atoms with Crippen molar-refractivity contribution in [2.24, 2.45) is 11.7 Å². The Morgan fingerprint density at radius 1 is 1.38 bits per heavy atom. The summed E-state index contributed by atoms with van der Waals surface area (Å²) in [4.78, 5) is 10.4. The molecule has 0 aliphatic rings. The molecular weight excluding hydrogens is 166 g/mol. The summed E-state index contributed by atoms with van der Waals surface area (Å²) in [7, 11) is 0.